The number of hydrogen-bond acceptors (Lipinski definition) is 20. The summed E-state index contributed by atoms with van der Waals surface area (Å²) in [7, 11) is 0. The predicted molar refractivity (Wildman–Crippen MR) is 262 cm³/mol. The molecule has 10 N–H and O–H groups in total. The minimum atomic E-state index is -1.15. The molecule has 410 valence electrons. The highest BCUT2D eigenvalue weighted by Crippen LogP contribution is 2.12. The van der Waals surface area contributed by atoms with Crippen molar-refractivity contribution in [2.75, 3.05) is 65.8 Å². The van der Waals surface area contributed by atoms with E-state index < -0.39 is 79.6 Å². The molecule has 68 heavy (non-hydrogen) atoms. The Morgan fingerprint density at radius 2 is 0.838 bits per heavy atom. The largest absolute Gasteiger partial charge is 0.519 e. The van der Waals surface area contributed by atoms with E-state index in [2.05, 4.69) is 24.8 Å². The van der Waals surface area contributed by atoms with E-state index in [0.29, 0.717) is 13.1 Å². The number of aliphatic hydroxyl groups excluding tert-OH is 4. The molecule has 0 spiro atoms. The number of hydrogen-bond donors (Lipinski definition) is 8. The van der Waals surface area contributed by atoms with Gasteiger partial charge >= 0.3 is 36.4 Å². The number of aliphatic hydroxyl groups is 4. The number of carbonyl (C=O) groups excluding carboxylic acids is 6. The van der Waals surface area contributed by atoms with Crippen LogP contribution in [-0.2, 0) is 47.5 Å². The van der Waals surface area contributed by atoms with Crippen LogP contribution in [0, 0.1) is 0 Å². The first kappa shape index (κ1) is 79.8. The summed E-state index contributed by atoms with van der Waals surface area (Å²) >= 11 is 28.8. The third kappa shape index (κ3) is 97.4. The zero-order valence-electron chi connectivity index (χ0n) is 41.7. The lowest BCUT2D eigenvalue weighted by Gasteiger charge is -2.20. The second-order valence-electron chi connectivity index (χ2n) is 16.4. The van der Waals surface area contributed by atoms with Crippen molar-refractivity contribution in [1.82, 2.24) is 10.6 Å². The average molecular weight is 1120 g/mol. The van der Waals surface area contributed by atoms with Crippen molar-refractivity contribution in [2.45, 2.75) is 153 Å². The Morgan fingerprint density at radius 1 is 0.544 bits per heavy atom. The van der Waals surface area contributed by atoms with Crippen LogP contribution in [0.3, 0.4) is 0 Å². The Labute approximate surface area is 432 Å². The van der Waals surface area contributed by atoms with Crippen molar-refractivity contribution in [1.29, 1.82) is 0 Å². The molecule has 28 heteroatoms. The number of nitrogens with one attached hydrogen (secondary N) is 2. The van der Waals surface area contributed by atoms with E-state index in [1.54, 1.807) is 83.1 Å². The van der Waals surface area contributed by atoms with Gasteiger partial charge in [0.1, 0.15) is 47.8 Å². The van der Waals surface area contributed by atoms with Gasteiger partial charge in [-0.3, -0.25) is 0 Å². The molecule has 1 aliphatic rings. The van der Waals surface area contributed by atoms with Crippen LogP contribution in [0.25, 0.3) is 0 Å². The molecular weight excluding hydrogens is 1040 g/mol. The average Bonchev–Trinajstić information content (AvgIpc) is 3.73. The van der Waals surface area contributed by atoms with Gasteiger partial charge in [0.25, 0.3) is 0 Å². The molecule has 1 rings (SSSR count). The number of rotatable bonds is 10. The van der Waals surface area contributed by atoms with E-state index in [4.69, 9.17) is 125 Å². The molecule has 1 fully saturated rings. The maximum atomic E-state index is 11.1. The van der Waals surface area contributed by atoms with Gasteiger partial charge < -0.3 is 80.4 Å². The molecule has 0 aromatic carbocycles. The highest BCUT2D eigenvalue weighted by Gasteiger charge is 2.24. The minimum absolute atomic E-state index is 0.00295. The lowest BCUT2D eigenvalue weighted by atomic mass is 10.2. The van der Waals surface area contributed by atoms with E-state index in [-0.39, 0.29) is 39.5 Å². The van der Waals surface area contributed by atoms with Crippen LogP contribution in [0.15, 0.2) is 0 Å². The van der Waals surface area contributed by atoms with Crippen molar-refractivity contribution in [3.05, 3.63) is 0 Å². The van der Waals surface area contributed by atoms with Crippen LogP contribution in [0.1, 0.15) is 110 Å². The molecule has 0 aromatic heterocycles. The molecule has 2 atom stereocenters. The van der Waals surface area contributed by atoms with Gasteiger partial charge in [0.2, 0.25) is 0 Å². The number of nitrogens with two attached hydrogens (primary N) is 2. The maximum Gasteiger partial charge on any atom is 0.519 e. The van der Waals surface area contributed by atoms with Crippen molar-refractivity contribution >= 4 is 106 Å². The van der Waals surface area contributed by atoms with Gasteiger partial charge in [-0.05, 0) is 110 Å². The number of alkyl carbamates (subject to hydrolysis) is 2. The van der Waals surface area contributed by atoms with Crippen LogP contribution in [0.5, 0.6) is 0 Å². The third-order valence-electron chi connectivity index (χ3n) is 4.74. The van der Waals surface area contributed by atoms with Crippen LogP contribution in [0.2, 0.25) is 0 Å². The zero-order chi connectivity index (χ0) is 55.3. The first-order chi connectivity index (χ1) is 30.7. The van der Waals surface area contributed by atoms with Gasteiger partial charge in [-0.1, -0.05) is 69.6 Å². The zero-order valence-corrected chi connectivity index (χ0v) is 46.3. The van der Waals surface area contributed by atoms with E-state index in [0.717, 1.165) is 13.2 Å². The Bertz CT molecular complexity index is 1210. The van der Waals surface area contributed by atoms with Crippen molar-refractivity contribution in [2.24, 2.45) is 11.5 Å². The first-order valence-corrected chi connectivity index (χ1v) is 23.2. The number of ether oxygens (including phenoxy) is 8. The second kappa shape index (κ2) is 48.3. The van der Waals surface area contributed by atoms with Crippen molar-refractivity contribution in [3.63, 3.8) is 0 Å². The number of alkyl halides is 6. The van der Waals surface area contributed by atoms with Crippen LogP contribution < -0.4 is 22.1 Å². The summed E-state index contributed by atoms with van der Waals surface area (Å²) in [5, 5.41) is 38.2. The lowest BCUT2D eigenvalue weighted by molar-refractivity contribution is -0.152. The van der Waals surface area contributed by atoms with Crippen LogP contribution in [-0.4, -0.2) is 166 Å². The normalized spacial score (nSPS) is 12.4. The van der Waals surface area contributed by atoms with Gasteiger partial charge in [0.15, 0.2) is 8.59 Å². The summed E-state index contributed by atoms with van der Waals surface area (Å²) in [5.74, 6) is -1.34. The minimum Gasteiger partial charge on any atom is -0.462 e. The molecule has 0 saturated carbocycles. The summed E-state index contributed by atoms with van der Waals surface area (Å²) in [6, 6.07) is 0. The summed E-state index contributed by atoms with van der Waals surface area (Å²) in [6.07, 6.45) is -2.82. The molecule has 0 aliphatic carbocycles. The van der Waals surface area contributed by atoms with Gasteiger partial charge in [-0.25, -0.2) is 28.8 Å². The molecule has 0 radical (unpaired) electrons. The summed E-state index contributed by atoms with van der Waals surface area (Å²) in [6.45, 7) is 26.5. The molecule has 1 saturated heterocycles. The SMILES string of the molecule is C1CCOC1.CC(C)(C)OC(=O)NCCO.CC(C)(C)OC(=O)OC(=O)OC(C)(C)C.CC(O)C(=O)OCCN.CC(O)C(=O)OCCNC(=O)OC(C)(C)C.ClC(Cl)Cl.ClC(Cl)Cl.NCCO. The Kier molecular flexibility index (Phi) is 56.7. The Hall–Kier alpha value is -2.32. The van der Waals surface area contributed by atoms with Gasteiger partial charge in [-0.15, -0.1) is 0 Å². The van der Waals surface area contributed by atoms with E-state index in [1.165, 1.54) is 26.7 Å². The van der Waals surface area contributed by atoms with Gasteiger partial charge in [0, 0.05) is 32.8 Å². The quantitative estimate of drug-likeness (QED) is 0.0386. The van der Waals surface area contributed by atoms with E-state index in [9.17, 15) is 28.8 Å². The third-order valence-corrected chi connectivity index (χ3v) is 4.74. The standard InChI is InChI=1S/C10H19NO5.C10H18O5.C7H15NO3.C5H11NO3.C4H8O.C2H7NO.2CHCl3/c1-7(12)8(13)15-6-5-11-9(14)16-10(2,3)4;1-9(2,3)14-7(11)13-8(12)15-10(4,5)6;1-7(2,3)11-6(10)8-4-5-9;1-4(7)5(8)9-3-2-6;1-2-4-5-3-1;3-1-2-4;2*2-1(3)4/h7,12H,5-6H2,1-4H3,(H,11,14);1-6H3;9H,4-5H2,1-3H3,(H,8,10);4,7H,2-3,6H2,1H3;1-4H2;4H,1-3H2;2*1H. The van der Waals surface area contributed by atoms with Crippen LogP contribution in [0.4, 0.5) is 19.2 Å². The molecule has 2 unspecified atom stereocenters. The smallest absolute Gasteiger partial charge is 0.462 e. The van der Waals surface area contributed by atoms with Gasteiger partial charge in [-0.2, -0.15) is 0 Å². The van der Waals surface area contributed by atoms with E-state index in [1.807, 2.05) is 0 Å². The second-order valence-corrected chi connectivity index (χ2v) is 20.4. The highest BCUT2D eigenvalue weighted by molar-refractivity contribution is 6.63. The molecule has 2 amide bonds. The fraction of sp³-hybridized carbons (Fsp3) is 0.850. The fourth-order valence-electron chi connectivity index (χ4n) is 2.61. The lowest BCUT2D eigenvalue weighted by Crippen LogP contribution is -2.35. The summed E-state index contributed by atoms with van der Waals surface area (Å²) in [4.78, 5) is 65.1. The summed E-state index contributed by atoms with van der Waals surface area (Å²) in [5.41, 5.74) is 7.38. The molecule has 1 aliphatic heterocycles. The Balaban J connectivity index is -0.000000132. The molecule has 22 nitrogen and oxygen atoms in total. The Morgan fingerprint density at radius 3 is 1.06 bits per heavy atom. The topological polar surface area (TPSA) is 333 Å². The molecular formula is C40H80Cl6N4O18. The molecule has 0 bridgehead atoms. The first-order valence-electron chi connectivity index (χ1n) is 20.5. The molecule has 1 heterocycles. The number of halogens is 6. The fourth-order valence-corrected chi connectivity index (χ4v) is 2.61. The number of carbonyl (C=O) groups is 6. The molecule has 0 aromatic rings. The van der Waals surface area contributed by atoms with Crippen molar-refractivity contribution < 1.29 is 87.1 Å². The number of esters is 2. The number of amides is 2. The summed E-state index contributed by atoms with van der Waals surface area (Å²) < 4.78 is 36.1. The van der Waals surface area contributed by atoms with Gasteiger partial charge in [0.05, 0.1) is 19.8 Å². The van der Waals surface area contributed by atoms with Crippen molar-refractivity contribution in [3.8, 4) is 0 Å². The van der Waals surface area contributed by atoms with E-state index >= 15 is 0 Å². The highest BCUT2D eigenvalue weighted by atomic mass is 35.6. The predicted octanol–water partition coefficient (Wildman–Crippen LogP) is 6.39. The monoisotopic (exact) mass is 1110 g/mol. The van der Waals surface area contributed by atoms with Crippen LogP contribution >= 0.6 is 69.6 Å². The maximum absolute atomic E-state index is 11.1.